The Hall–Kier alpha value is -2.60. The Balaban J connectivity index is 1.57. The Labute approximate surface area is 160 Å². The van der Waals surface area contributed by atoms with Crippen LogP contribution in [0.1, 0.15) is 34.2 Å². The van der Waals surface area contributed by atoms with Crippen LogP contribution in [0.25, 0.3) is 11.0 Å². The van der Waals surface area contributed by atoms with E-state index in [2.05, 4.69) is 6.07 Å². The molecule has 1 aliphatic carbocycles. The minimum atomic E-state index is -4.33. The molecule has 2 aromatic carbocycles. The number of halogens is 3. The molecule has 1 aliphatic rings. The van der Waals surface area contributed by atoms with Gasteiger partial charge in [-0.3, -0.25) is 4.90 Å². The first-order chi connectivity index (χ1) is 13.3. The first-order valence-corrected chi connectivity index (χ1v) is 9.23. The predicted octanol–water partition coefficient (Wildman–Crippen LogP) is 4.93. The average molecular weight is 387 g/mol. The van der Waals surface area contributed by atoms with Gasteiger partial charge in [-0.25, -0.2) is 4.79 Å². The number of hydrogen-bond donors (Lipinski definition) is 0. The molecule has 3 aromatic rings. The van der Waals surface area contributed by atoms with Gasteiger partial charge in [0.2, 0.25) is 0 Å². The molecule has 0 aliphatic heterocycles. The van der Waals surface area contributed by atoms with Crippen molar-refractivity contribution in [2.75, 3.05) is 7.05 Å². The highest BCUT2D eigenvalue weighted by molar-refractivity contribution is 5.82. The fourth-order valence-corrected chi connectivity index (χ4v) is 3.88. The van der Waals surface area contributed by atoms with E-state index in [1.54, 1.807) is 0 Å². The second kappa shape index (κ2) is 7.09. The molecular weight excluding hydrogens is 367 g/mol. The Morgan fingerprint density at radius 1 is 1.00 bits per heavy atom. The van der Waals surface area contributed by atoms with Gasteiger partial charge in [-0.05, 0) is 72.8 Å². The van der Waals surface area contributed by atoms with E-state index in [1.165, 1.54) is 29.3 Å². The van der Waals surface area contributed by atoms with Crippen LogP contribution in [0.5, 0.6) is 0 Å². The summed E-state index contributed by atoms with van der Waals surface area (Å²) >= 11 is 0. The SMILES string of the molecule is CN(Cc1ccc(C(F)(F)F)cc1)Cc1cc(=O)oc2cc3c(cc12)CCC3. The molecule has 0 radical (unpaired) electrons. The van der Waals surface area contributed by atoms with Crippen LogP contribution >= 0.6 is 0 Å². The molecule has 146 valence electrons. The molecule has 0 atom stereocenters. The second-order valence-corrected chi connectivity index (χ2v) is 7.43. The van der Waals surface area contributed by atoms with Crippen LogP contribution in [0.3, 0.4) is 0 Å². The van der Waals surface area contributed by atoms with Crippen molar-refractivity contribution in [2.24, 2.45) is 0 Å². The number of benzene rings is 2. The summed E-state index contributed by atoms with van der Waals surface area (Å²) < 4.78 is 43.5. The third kappa shape index (κ3) is 3.83. The maximum Gasteiger partial charge on any atom is 0.416 e. The maximum absolute atomic E-state index is 12.7. The highest BCUT2D eigenvalue weighted by atomic mass is 19.4. The van der Waals surface area contributed by atoms with E-state index < -0.39 is 11.7 Å². The normalized spacial score (nSPS) is 14.0. The second-order valence-electron chi connectivity index (χ2n) is 7.43. The molecule has 0 fully saturated rings. The molecule has 0 N–H and O–H groups in total. The van der Waals surface area contributed by atoms with Gasteiger partial charge in [0, 0.05) is 24.5 Å². The van der Waals surface area contributed by atoms with Crippen LogP contribution in [0.15, 0.2) is 51.7 Å². The fourth-order valence-electron chi connectivity index (χ4n) is 3.88. The Morgan fingerprint density at radius 2 is 1.68 bits per heavy atom. The van der Waals surface area contributed by atoms with E-state index >= 15 is 0 Å². The van der Waals surface area contributed by atoms with E-state index in [0.29, 0.717) is 18.7 Å². The van der Waals surface area contributed by atoms with Crippen LogP contribution in [-0.4, -0.2) is 11.9 Å². The first kappa shape index (κ1) is 18.7. The minimum Gasteiger partial charge on any atom is -0.423 e. The molecule has 1 heterocycles. The fraction of sp³-hybridized carbons (Fsp3) is 0.318. The van der Waals surface area contributed by atoms with Crippen molar-refractivity contribution in [2.45, 2.75) is 38.5 Å². The van der Waals surface area contributed by atoms with Crippen LogP contribution < -0.4 is 5.63 Å². The lowest BCUT2D eigenvalue weighted by atomic mass is 10.0. The predicted molar refractivity (Wildman–Crippen MR) is 101 cm³/mol. The van der Waals surface area contributed by atoms with E-state index in [4.69, 9.17) is 4.42 Å². The zero-order chi connectivity index (χ0) is 19.9. The lowest BCUT2D eigenvalue weighted by Crippen LogP contribution is -2.18. The highest BCUT2D eigenvalue weighted by Gasteiger charge is 2.29. The summed E-state index contributed by atoms with van der Waals surface area (Å²) in [4.78, 5) is 14.0. The average Bonchev–Trinajstić information content (AvgIpc) is 3.07. The van der Waals surface area contributed by atoms with Gasteiger partial charge in [-0.1, -0.05) is 12.1 Å². The van der Waals surface area contributed by atoms with Crippen molar-refractivity contribution >= 4 is 11.0 Å². The van der Waals surface area contributed by atoms with E-state index in [1.807, 2.05) is 18.0 Å². The van der Waals surface area contributed by atoms with Crippen molar-refractivity contribution in [3.63, 3.8) is 0 Å². The number of nitrogens with zero attached hydrogens (tertiary/aromatic N) is 1. The van der Waals surface area contributed by atoms with Gasteiger partial charge in [0.25, 0.3) is 0 Å². The summed E-state index contributed by atoms with van der Waals surface area (Å²) in [5.41, 5.74) is 3.76. The number of aryl methyl sites for hydroxylation is 2. The molecule has 0 saturated heterocycles. The molecule has 28 heavy (non-hydrogen) atoms. The topological polar surface area (TPSA) is 33.5 Å². The lowest BCUT2D eigenvalue weighted by Gasteiger charge is -2.18. The summed E-state index contributed by atoms with van der Waals surface area (Å²) in [7, 11) is 1.88. The lowest BCUT2D eigenvalue weighted by molar-refractivity contribution is -0.137. The van der Waals surface area contributed by atoms with Crippen molar-refractivity contribution in [1.82, 2.24) is 4.90 Å². The zero-order valence-electron chi connectivity index (χ0n) is 15.5. The number of alkyl halides is 3. The molecule has 3 nitrogen and oxygen atoms in total. The molecular formula is C22H20F3NO2. The Kier molecular flexibility index (Phi) is 4.75. The largest absolute Gasteiger partial charge is 0.423 e. The first-order valence-electron chi connectivity index (χ1n) is 9.23. The zero-order valence-corrected chi connectivity index (χ0v) is 15.5. The van der Waals surface area contributed by atoms with Gasteiger partial charge in [0.15, 0.2) is 0 Å². The molecule has 1 aromatic heterocycles. The van der Waals surface area contributed by atoms with Gasteiger partial charge < -0.3 is 4.42 Å². The van der Waals surface area contributed by atoms with Gasteiger partial charge in [0.1, 0.15) is 5.58 Å². The van der Waals surface area contributed by atoms with E-state index in [9.17, 15) is 18.0 Å². The standard InChI is InChI=1S/C22H20F3NO2/c1-26(12-14-5-7-18(8-6-14)22(23,24)25)13-17-11-21(27)28-20-10-16-4-2-3-15(16)9-19(17)20/h5-11H,2-4,12-13H2,1H3. The van der Waals surface area contributed by atoms with Crippen molar-refractivity contribution < 1.29 is 17.6 Å². The monoisotopic (exact) mass is 387 g/mol. The van der Waals surface area contributed by atoms with Crippen LogP contribution in [0.2, 0.25) is 0 Å². The Morgan fingerprint density at radius 3 is 2.36 bits per heavy atom. The summed E-state index contributed by atoms with van der Waals surface area (Å²) in [6, 6.07) is 10.8. The summed E-state index contributed by atoms with van der Waals surface area (Å²) in [5, 5.41) is 0.930. The summed E-state index contributed by atoms with van der Waals surface area (Å²) in [6.45, 7) is 0.979. The van der Waals surface area contributed by atoms with Crippen molar-refractivity contribution in [3.8, 4) is 0 Å². The molecule has 6 heteroatoms. The van der Waals surface area contributed by atoms with Crippen LogP contribution in [0, 0.1) is 0 Å². The van der Waals surface area contributed by atoms with Crippen molar-refractivity contribution in [1.29, 1.82) is 0 Å². The summed E-state index contributed by atoms with van der Waals surface area (Å²) in [6.07, 6.45) is -1.18. The molecule has 4 rings (SSSR count). The maximum atomic E-state index is 12.7. The van der Waals surface area contributed by atoms with Gasteiger partial charge in [-0.15, -0.1) is 0 Å². The number of hydrogen-bond acceptors (Lipinski definition) is 3. The minimum absolute atomic E-state index is 0.386. The number of rotatable bonds is 4. The smallest absolute Gasteiger partial charge is 0.416 e. The third-order valence-corrected chi connectivity index (χ3v) is 5.22. The van der Waals surface area contributed by atoms with Gasteiger partial charge in [0.05, 0.1) is 5.56 Å². The molecule has 0 amide bonds. The molecule has 0 spiro atoms. The van der Waals surface area contributed by atoms with Gasteiger partial charge >= 0.3 is 11.8 Å². The molecule has 0 saturated carbocycles. The summed E-state index contributed by atoms with van der Waals surface area (Å²) in [5.74, 6) is 0. The Bertz CT molecular complexity index is 1070. The molecule has 0 unspecified atom stereocenters. The van der Waals surface area contributed by atoms with Crippen LogP contribution in [-0.2, 0) is 32.1 Å². The number of fused-ring (bicyclic) bond motifs is 2. The molecule has 0 bridgehead atoms. The van der Waals surface area contributed by atoms with E-state index in [-0.39, 0.29) is 5.63 Å². The van der Waals surface area contributed by atoms with Gasteiger partial charge in [-0.2, -0.15) is 13.2 Å². The highest BCUT2D eigenvalue weighted by Crippen LogP contribution is 2.30. The van der Waals surface area contributed by atoms with E-state index in [0.717, 1.165) is 47.9 Å². The van der Waals surface area contributed by atoms with Crippen molar-refractivity contribution in [3.05, 3.63) is 80.7 Å². The third-order valence-electron chi connectivity index (χ3n) is 5.22. The quantitative estimate of drug-likeness (QED) is 0.595. The van der Waals surface area contributed by atoms with Crippen LogP contribution in [0.4, 0.5) is 13.2 Å².